The van der Waals surface area contributed by atoms with Crippen molar-refractivity contribution in [2.45, 2.75) is 17.3 Å². The molecule has 4 rings (SSSR count). The van der Waals surface area contributed by atoms with Crippen molar-refractivity contribution >= 4 is 23.4 Å². The Morgan fingerprint density at radius 1 is 0.900 bits per heavy atom. The molecule has 0 aliphatic heterocycles. The summed E-state index contributed by atoms with van der Waals surface area (Å²) in [5.74, 6) is -0.0485. The van der Waals surface area contributed by atoms with Gasteiger partial charge < -0.3 is 9.88 Å². The van der Waals surface area contributed by atoms with E-state index in [0.717, 1.165) is 33.2 Å². The van der Waals surface area contributed by atoms with E-state index >= 15 is 0 Å². The van der Waals surface area contributed by atoms with Gasteiger partial charge >= 0.3 is 0 Å². The van der Waals surface area contributed by atoms with Gasteiger partial charge in [0.05, 0.1) is 17.1 Å². The molecule has 30 heavy (non-hydrogen) atoms. The Morgan fingerprint density at radius 3 is 2.20 bits per heavy atom. The fourth-order valence-corrected chi connectivity index (χ4v) is 4.14. The van der Waals surface area contributed by atoms with E-state index in [1.54, 1.807) is 0 Å². The molecular weight excluding hydrogens is 390 g/mol. The van der Waals surface area contributed by atoms with Gasteiger partial charge in [-0.1, -0.05) is 90.6 Å². The summed E-state index contributed by atoms with van der Waals surface area (Å²) in [6.45, 7) is 1.90. The number of carbonyl (C=O) groups is 1. The molecule has 1 heterocycles. The van der Waals surface area contributed by atoms with Gasteiger partial charge in [-0.25, -0.2) is 4.98 Å². The van der Waals surface area contributed by atoms with Gasteiger partial charge in [-0.3, -0.25) is 4.79 Å². The van der Waals surface area contributed by atoms with Crippen molar-refractivity contribution in [2.75, 3.05) is 5.32 Å². The lowest BCUT2D eigenvalue weighted by molar-refractivity contribution is -0.115. The molecule has 150 valence electrons. The lowest BCUT2D eigenvalue weighted by Crippen LogP contribution is -2.23. The van der Waals surface area contributed by atoms with E-state index in [1.165, 1.54) is 11.8 Å². The van der Waals surface area contributed by atoms with Crippen LogP contribution in [0.25, 0.3) is 22.4 Å². The van der Waals surface area contributed by atoms with Gasteiger partial charge in [0, 0.05) is 18.3 Å². The second-order valence-electron chi connectivity index (χ2n) is 7.01. The quantitative estimate of drug-likeness (QED) is 0.402. The molecule has 1 unspecified atom stereocenters. The lowest BCUT2D eigenvalue weighted by Gasteiger charge is -2.15. The average Bonchev–Trinajstić information content (AvgIpc) is 3.15. The Balaban J connectivity index is 1.49. The van der Waals surface area contributed by atoms with Gasteiger partial charge in [0.25, 0.3) is 0 Å². The molecule has 1 amide bonds. The molecular formula is C25H23N3OS. The normalized spacial score (nSPS) is 11.8. The summed E-state index contributed by atoms with van der Waals surface area (Å²) in [6, 6.07) is 28.1. The third-order valence-corrected chi connectivity index (χ3v) is 6.09. The molecule has 5 heteroatoms. The molecule has 1 atom stereocenters. The van der Waals surface area contributed by atoms with E-state index < -0.39 is 0 Å². The van der Waals surface area contributed by atoms with Crippen LogP contribution < -0.4 is 5.32 Å². The number of nitrogens with one attached hydrogen (secondary N) is 1. The molecule has 0 aliphatic rings. The molecule has 0 saturated heterocycles. The number of carbonyl (C=O) groups excluding carboxylic acids is 1. The van der Waals surface area contributed by atoms with E-state index in [4.69, 9.17) is 0 Å². The van der Waals surface area contributed by atoms with Gasteiger partial charge in [-0.05, 0) is 24.1 Å². The Morgan fingerprint density at radius 2 is 1.50 bits per heavy atom. The van der Waals surface area contributed by atoms with Crippen LogP contribution >= 0.6 is 11.8 Å². The SMILES string of the molecule is CC(Sc1ncc(-c2ccccc2)n1C)C(=O)Nc1ccccc1-c1ccccc1. The molecule has 1 aromatic heterocycles. The van der Waals surface area contributed by atoms with Crippen LogP contribution in [0.3, 0.4) is 0 Å². The number of rotatable bonds is 6. The molecule has 0 aliphatic carbocycles. The number of anilines is 1. The smallest absolute Gasteiger partial charge is 0.237 e. The zero-order valence-electron chi connectivity index (χ0n) is 16.9. The van der Waals surface area contributed by atoms with Gasteiger partial charge in [0.15, 0.2) is 5.16 Å². The number of hydrogen-bond acceptors (Lipinski definition) is 3. The summed E-state index contributed by atoms with van der Waals surface area (Å²) < 4.78 is 2.03. The number of amides is 1. The third kappa shape index (κ3) is 4.31. The summed E-state index contributed by atoms with van der Waals surface area (Å²) in [5.41, 5.74) is 5.02. The topological polar surface area (TPSA) is 46.9 Å². The molecule has 3 aromatic carbocycles. The van der Waals surface area contributed by atoms with Gasteiger partial charge in [-0.2, -0.15) is 0 Å². The number of nitrogens with zero attached hydrogens (tertiary/aromatic N) is 2. The van der Waals surface area contributed by atoms with Crippen LogP contribution in [0.2, 0.25) is 0 Å². The zero-order chi connectivity index (χ0) is 20.9. The van der Waals surface area contributed by atoms with Gasteiger partial charge in [0.2, 0.25) is 5.91 Å². The maximum Gasteiger partial charge on any atom is 0.237 e. The first-order valence-electron chi connectivity index (χ1n) is 9.82. The molecule has 1 N–H and O–H groups in total. The number of hydrogen-bond donors (Lipinski definition) is 1. The predicted octanol–water partition coefficient (Wildman–Crippen LogP) is 5.87. The summed E-state index contributed by atoms with van der Waals surface area (Å²) in [6.07, 6.45) is 1.85. The molecule has 4 nitrogen and oxygen atoms in total. The van der Waals surface area contributed by atoms with Crippen molar-refractivity contribution in [1.82, 2.24) is 9.55 Å². The van der Waals surface area contributed by atoms with E-state index in [1.807, 2.05) is 97.5 Å². The maximum absolute atomic E-state index is 12.9. The van der Waals surface area contributed by atoms with Crippen molar-refractivity contribution in [3.05, 3.63) is 91.1 Å². The minimum Gasteiger partial charge on any atom is -0.325 e. The van der Waals surface area contributed by atoms with Crippen LogP contribution in [-0.2, 0) is 11.8 Å². The van der Waals surface area contributed by atoms with Crippen molar-refractivity contribution < 1.29 is 4.79 Å². The largest absolute Gasteiger partial charge is 0.325 e. The van der Waals surface area contributed by atoms with Crippen LogP contribution in [0.4, 0.5) is 5.69 Å². The first kappa shape index (κ1) is 20.0. The zero-order valence-corrected chi connectivity index (χ0v) is 17.8. The second-order valence-corrected chi connectivity index (χ2v) is 8.32. The second kappa shape index (κ2) is 9.01. The minimum atomic E-state index is -0.293. The molecule has 0 fully saturated rings. The minimum absolute atomic E-state index is 0.0485. The standard InChI is InChI=1S/C25H23N3OS/c1-18(30-25-26-17-23(28(25)2)20-13-7-4-8-14-20)24(29)27-22-16-10-9-15-21(22)19-11-5-3-6-12-19/h3-18H,1-2H3,(H,27,29). The Hall–Kier alpha value is -3.31. The number of thioether (sulfide) groups is 1. The van der Waals surface area contributed by atoms with Gasteiger partial charge in [0.1, 0.15) is 0 Å². The number of para-hydroxylation sites is 1. The fraction of sp³-hybridized carbons (Fsp3) is 0.120. The van der Waals surface area contributed by atoms with E-state index in [9.17, 15) is 4.79 Å². The van der Waals surface area contributed by atoms with E-state index in [-0.39, 0.29) is 11.2 Å². The predicted molar refractivity (Wildman–Crippen MR) is 124 cm³/mol. The van der Waals surface area contributed by atoms with Crippen LogP contribution in [0.5, 0.6) is 0 Å². The van der Waals surface area contributed by atoms with Crippen LogP contribution in [0, 0.1) is 0 Å². The number of imidazole rings is 1. The number of benzene rings is 3. The summed E-state index contributed by atoms with van der Waals surface area (Å²) in [5, 5.41) is 3.61. The highest BCUT2D eigenvalue weighted by atomic mass is 32.2. The average molecular weight is 414 g/mol. The monoisotopic (exact) mass is 413 g/mol. The first-order valence-corrected chi connectivity index (χ1v) is 10.7. The van der Waals surface area contributed by atoms with E-state index in [2.05, 4.69) is 22.4 Å². The molecule has 0 spiro atoms. The summed E-state index contributed by atoms with van der Waals surface area (Å²) >= 11 is 1.45. The van der Waals surface area contributed by atoms with E-state index in [0.29, 0.717) is 0 Å². The highest BCUT2D eigenvalue weighted by molar-refractivity contribution is 8.00. The molecule has 0 saturated carbocycles. The van der Waals surface area contributed by atoms with Crippen molar-refractivity contribution in [1.29, 1.82) is 0 Å². The van der Waals surface area contributed by atoms with Crippen molar-refractivity contribution in [3.63, 3.8) is 0 Å². The number of aromatic nitrogens is 2. The van der Waals surface area contributed by atoms with Crippen LogP contribution in [0.1, 0.15) is 6.92 Å². The van der Waals surface area contributed by atoms with Crippen LogP contribution in [0.15, 0.2) is 96.3 Å². The maximum atomic E-state index is 12.9. The first-order chi connectivity index (χ1) is 14.6. The Bertz CT molecular complexity index is 1140. The van der Waals surface area contributed by atoms with Crippen LogP contribution in [-0.4, -0.2) is 20.7 Å². The summed E-state index contributed by atoms with van der Waals surface area (Å²) in [4.78, 5) is 17.5. The lowest BCUT2D eigenvalue weighted by atomic mass is 10.0. The Kier molecular flexibility index (Phi) is 6.00. The highest BCUT2D eigenvalue weighted by Gasteiger charge is 2.19. The van der Waals surface area contributed by atoms with Crippen molar-refractivity contribution in [2.24, 2.45) is 7.05 Å². The van der Waals surface area contributed by atoms with Gasteiger partial charge in [-0.15, -0.1) is 0 Å². The Labute approximate surface area is 181 Å². The molecule has 0 radical (unpaired) electrons. The summed E-state index contributed by atoms with van der Waals surface area (Å²) in [7, 11) is 1.98. The fourth-order valence-electron chi connectivity index (χ4n) is 3.29. The highest BCUT2D eigenvalue weighted by Crippen LogP contribution is 2.30. The molecule has 4 aromatic rings. The van der Waals surface area contributed by atoms with Crippen molar-refractivity contribution in [3.8, 4) is 22.4 Å². The molecule has 0 bridgehead atoms. The third-order valence-electron chi connectivity index (χ3n) is 4.94.